The molecule has 1 saturated heterocycles. The van der Waals surface area contributed by atoms with E-state index >= 15 is 0 Å². The van der Waals surface area contributed by atoms with Gasteiger partial charge in [-0.2, -0.15) is 5.26 Å². The highest BCUT2D eigenvalue weighted by Crippen LogP contribution is 2.32. The SMILES string of the molecule is CC1=C(C#N)C(=O)N(C2CCS(=O)(=O)C2)C(=O)/C1=C/C1=Cc2ccccc2OC1. The smallest absolute Gasteiger partial charge is 0.271 e. The summed E-state index contributed by atoms with van der Waals surface area (Å²) in [5.74, 6) is -0.910. The Bertz CT molecular complexity index is 1170. The van der Waals surface area contributed by atoms with E-state index in [0.717, 1.165) is 21.8 Å². The summed E-state index contributed by atoms with van der Waals surface area (Å²) in [4.78, 5) is 26.8. The lowest BCUT2D eigenvalue weighted by atomic mass is 9.92. The molecule has 0 radical (unpaired) electrons. The topological polar surface area (TPSA) is 105 Å². The van der Waals surface area contributed by atoms with Crippen molar-refractivity contribution >= 4 is 27.7 Å². The molecule has 2 amide bonds. The van der Waals surface area contributed by atoms with Crippen LogP contribution in [0.15, 0.2) is 52.6 Å². The predicted molar refractivity (Wildman–Crippen MR) is 105 cm³/mol. The van der Waals surface area contributed by atoms with Crippen molar-refractivity contribution in [2.24, 2.45) is 0 Å². The van der Waals surface area contributed by atoms with E-state index in [-0.39, 0.29) is 35.7 Å². The van der Waals surface area contributed by atoms with Crippen molar-refractivity contribution in [1.82, 2.24) is 4.90 Å². The molecule has 0 aromatic heterocycles. The first-order valence-electron chi connectivity index (χ1n) is 9.14. The Morgan fingerprint density at radius 1 is 1.24 bits per heavy atom. The summed E-state index contributed by atoms with van der Waals surface area (Å²) in [5.41, 5.74) is 1.94. The van der Waals surface area contributed by atoms with Crippen molar-refractivity contribution in [1.29, 1.82) is 5.26 Å². The van der Waals surface area contributed by atoms with E-state index in [1.165, 1.54) is 0 Å². The van der Waals surface area contributed by atoms with Gasteiger partial charge in [-0.3, -0.25) is 14.5 Å². The molecule has 4 rings (SSSR count). The number of nitriles is 1. The number of nitrogens with zero attached hydrogens (tertiary/aromatic N) is 2. The number of hydrogen-bond donors (Lipinski definition) is 0. The van der Waals surface area contributed by atoms with Crippen molar-refractivity contribution in [3.63, 3.8) is 0 Å². The van der Waals surface area contributed by atoms with Gasteiger partial charge in [-0.15, -0.1) is 0 Å². The minimum atomic E-state index is -3.30. The number of fused-ring (bicyclic) bond motifs is 1. The van der Waals surface area contributed by atoms with Gasteiger partial charge in [0.25, 0.3) is 11.8 Å². The minimum Gasteiger partial charge on any atom is -0.488 e. The monoisotopic (exact) mass is 410 g/mol. The van der Waals surface area contributed by atoms with E-state index in [1.807, 2.05) is 36.4 Å². The maximum atomic E-state index is 13.2. The Morgan fingerprint density at radius 2 is 2.00 bits per heavy atom. The number of imide groups is 1. The first kappa shape index (κ1) is 19.2. The Hall–Kier alpha value is -3.18. The first-order valence-corrected chi connectivity index (χ1v) is 11.0. The quantitative estimate of drug-likeness (QED) is 0.544. The zero-order chi connectivity index (χ0) is 20.8. The molecule has 29 heavy (non-hydrogen) atoms. The van der Waals surface area contributed by atoms with Crippen molar-refractivity contribution < 1.29 is 22.7 Å². The summed E-state index contributed by atoms with van der Waals surface area (Å²) < 4.78 is 29.4. The van der Waals surface area contributed by atoms with Crippen LogP contribution in [0, 0.1) is 11.3 Å². The Balaban J connectivity index is 1.77. The number of rotatable bonds is 2. The molecule has 0 saturated carbocycles. The van der Waals surface area contributed by atoms with Gasteiger partial charge in [0.2, 0.25) is 0 Å². The molecule has 0 N–H and O–H groups in total. The van der Waals surface area contributed by atoms with Crippen LogP contribution in [-0.2, 0) is 19.4 Å². The lowest BCUT2D eigenvalue weighted by Crippen LogP contribution is -2.49. The van der Waals surface area contributed by atoms with E-state index in [4.69, 9.17) is 4.74 Å². The highest BCUT2D eigenvalue weighted by Gasteiger charge is 2.43. The molecule has 1 unspecified atom stereocenters. The fourth-order valence-corrected chi connectivity index (χ4v) is 5.51. The van der Waals surface area contributed by atoms with Crippen LogP contribution in [0.5, 0.6) is 5.75 Å². The van der Waals surface area contributed by atoms with Crippen molar-refractivity contribution in [3.05, 3.63) is 58.2 Å². The van der Waals surface area contributed by atoms with Crippen LogP contribution < -0.4 is 4.74 Å². The van der Waals surface area contributed by atoms with Gasteiger partial charge in [0.05, 0.1) is 17.5 Å². The lowest BCUT2D eigenvalue weighted by molar-refractivity contribution is -0.142. The van der Waals surface area contributed by atoms with Crippen LogP contribution in [0.1, 0.15) is 18.9 Å². The molecular weight excluding hydrogens is 392 g/mol. The van der Waals surface area contributed by atoms with Gasteiger partial charge >= 0.3 is 0 Å². The average molecular weight is 410 g/mol. The molecule has 1 aromatic rings. The lowest BCUT2D eigenvalue weighted by Gasteiger charge is -2.31. The second-order valence-corrected chi connectivity index (χ2v) is 9.48. The van der Waals surface area contributed by atoms with Crippen LogP contribution in [-0.4, -0.2) is 49.3 Å². The molecule has 1 atom stereocenters. The van der Waals surface area contributed by atoms with Gasteiger partial charge < -0.3 is 4.74 Å². The second-order valence-electron chi connectivity index (χ2n) is 7.25. The fraction of sp³-hybridized carbons (Fsp3) is 0.286. The number of ether oxygens (including phenoxy) is 1. The number of para-hydroxylation sites is 1. The van der Waals surface area contributed by atoms with E-state index in [1.54, 1.807) is 13.0 Å². The molecule has 3 heterocycles. The maximum Gasteiger partial charge on any atom is 0.271 e. The summed E-state index contributed by atoms with van der Waals surface area (Å²) in [6, 6.07) is 8.60. The summed E-state index contributed by atoms with van der Waals surface area (Å²) in [6.45, 7) is 1.80. The number of amides is 2. The van der Waals surface area contributed by atoms with Crippen LogP contribution in [0.2, 0.25) is 0 Å². The summed E-state index contributed by atoms with van der Waals surface area (Å²) >= 11 is 0. The van der Waals surface area contributed by atoms with Gasteiger partial charge in [0, 0.05) is 11.1 Å². The van der Waals surface area contributed by atoms with Crippen LogP contribution in [0.25, 0.3) is 6.08 Å². The fourth-order valence-electron chi connectivity index (χ4n) is 3.81. The zero-order valence-electron chi connectivity index (χ0n) is 15.7. The molecule has 0 bridgehead atoms. The second kappa shape index (κ2) is 7.01. The number of benzene rings is 1. The average Bonchev–Trinajstić information content (AvgIpc) is 3.05. The van der Waals surface area contributed by atoms with Gasteiger partial charge in [0.15, 0.2) is 9.84 Å². The maximum absolute atomic E-state index is 13.2. The standard InChI is InChI=1S/C21H18N2O5S/c1-13-17(9-14-8-15-4-2-3-5-19(15)28-11-14)20(24)23(21(25)18(13)10-22)16-6-7-29(26,27)12-16/h2-5,8-9,16H,6-7,11-12H2,1H3/b17-9+. The largest absolute Gasteiger partial charge is 0.488 e. The molecule has 148 valence electrons. The third-order valence-electron chi connectivity index (χ3n) is 5.33. The summed E-state index contributed by atoms with van der Waals surface area (Å²) in [7, 11) is -3.30. The Labute approximate surface area is 168 Å². The molecule has 1 aromatic carbocycles. The zero-order valence-corrected chi connectivity index (χ0v) is 16.5. The van der Waals surface area contributed by atoms with Gasteiger partial charge in [-0.05, 0) is 42.7 Å². The van der Waals surface area contributed by atoms with Gasteiger partial charge in [-0.25, -0.2) is 8.42 Å². The molecule has 3 aliphatic heterocycles. The predicted octanol–water partition coefficient (Wildman–Crippen LogP) is 1.78. The molecule has 1 fully saturated rings. The Kier molecular flexibility index (Phi) is 4.63. The van der Waals surface area contributed by atoms with Gasteiger partial charge in [-0.1, -0.05) is 18.2 Å². The van der Waals surface area contributed by atoms with E-state index in [0.29, 0.717) is 5.57 Å². The summed E-state index contributed by atoms with van der Waals surface area (Å²) in [6.07, 6.45) is 3.69. The molecule has 0 aliphatic carbocycles. The third-order valence-corrected chi connectivity index (χ3v) is 7.08. The van der Waals surface area contributed by atoms with Crippen molar-refractivity contribution in [2.75, 3.05) is 18.1 Å². The van der Waals surface area contributed by atoms with E-state index in [9.17, 15) is 23.3 Å². The third kappa shape index (κ3) is 3.38. The molecule has 3 aliphatic rings. The number of hydrogen-bond acceptors (Lipinski definition) is 6. The van der Waals surface area contributed by atoms with Crippen LogP contribution in [0.4, 0.5) is 0 Å². The first-order chi connectivity index (χ1) is 13.8. The Morgan fingerprint density at radius 3 is 2.69 bits per heavy atom. The van der Waals surface area contributed by atoms with E-state index < -0.39 is 27.7 Å². The molecule has 7 nitrogen and oxygen atoms in total. The number of carbonyl (C=O) groups excluding carboxylic acids is 2. The normalized spacial score (nSPS) is 24.8. The molecule has 8 heteroatoms. The highest BCUT2D eigenvalue weighted by molar-refractivity contribution is 7.91. The van der Waals surface area contributed by atoms with Crippen LogP contribution in [0.3, 0.4) is 0 Å². The highest BCUT2D eigenvalue weighted by atomic mass is 32.2. The minimum absolute atomic E-state index is 0.0753. The molecule has 0 spiro atoms. The van der Waals surface area contributed by atoms with Crippen molar-refractivity contribution in [2.45, 2.75) is 19.4 Å². The van der Waals surface area contributed by atoms with Crippen molar-refractivity contribution in [3.8, 4) is 11.8 Å². The summed E-state index contributed by atoms with van der Waals surface area (Å²) in [5, 5.41) is 9.48. The van der Waals surface area contributed by atoms with E-state index in [2.05, 4.69) is 0 Å². The van der Waals surface area contributed by atoms with Gasteiger partial charge in [0.1, 0.15) is 24.0 Å². The number of sulfone groups is 1. The number of carbonyl (C=O) groups is 2. The molecular formula is C21H18N2O5S. The van der Waals surface area contributed by atoms with Crippen LogP contribution >= 0.6 is 0 Å².